The van der Waals surface area contributed by atoms with Crippen molar-refractivity contribution < 1.29 is 24.2 Å². The first-order valence-electron chi connectivity index (χ1n) is 6.28. The summed E-state index contributed by atoms with van der Waals surface area (Å²) in [4.78, 5) is 26.6. The normalized spacial score (nSPS) is 11.3. The van der Waals surface area contributed by atoms with Gasteiger partial charge in [-0.05, 0) is 42.8 Å². The molecule has 0 aliphatic rings. The van der Waals surface area contributed by atoms with Gasteiger partial charge in [0.2, 0.25) is 0 Å². The Labute approximate surface area is 136 Å². The van der Waals surface area contributed by atoms with E-state index in [-0.39, 0.29) is 11.4 Å². The van der Waals surface area contributed by atoms with E-state index in [1.54, 1.807) is 20.8 Å². The van der Waals surface area contributed by atoms with Gasteiger partial charge in [-0.2, -0.15) is 0 Å². The number of halogens is 1. The molecule has 1 amide bonds. The molecule has 0 aliphatic carbocycles. The third kappa shape index (κ3) is 5.72. The predicted octanol–water partition coefficient (Wildman–Crippen LogP) is 3.30. The monoisotopic (exact) mass is 372 g/mol. The molecular formula is C14H17BrN2O5. The van der Waals surface area contributed by atoms with E-state index < -0.39 is 17.7 Å². The molecule has 0 spiro atoms. The first-order chi connectivity index (χ1) is 10.1. The fraction of sp³-hybridized carbons (Fsp3) is 0.357. The second-order valence-corrected chi connectivity index (χ2v) is 5.96. The van der Waals surface area contributed by atoms with E-state index in [0.29, 0.717) is 10.4 Å². The van der Waals surface area contributed by atoms with Crippen LogP contribution in [0.25, 0.3) is 6.08 Å². The van der Waals surface area contributed by atoms with Crippen molar-refractivity contribution >= 4 is 39.8 Å². The molecule has 120 valence electrons. The lowest BCUT2D eigenvalue weighted by molar-refractivity contribution is -0.131. The van der Waals surface area contributed by atoms with Crippen LogP contribution >= 0.6 is 15.9 Å². The zero-order valence-corrected chi connectivity index (χ0v) is 14.2. The van der Waals surface area contributed by atoms with Crippen LogP contribution in [-0.2, 0) is 9.53 Å². The smallest absolute Gasteiger partial charge is 0.412 e. The molecule has 22 heavy (non-hydrogen) atoms. The number of hydrogen-bond donors (Lipinski definition) is 2. The Balaban J connectivity index is 3.13. The Morgan fingerprint density at radius 3 is 2.55 bits per heavy atom. The van der Waals surface area contributed by atoms with Crippen molar-refractivity contribution in [3.8, 4) is 5.75 Å². The number of carboxylic acid groups (broad SMARTS) is 1. The summed E-state index contributed by atoms with van der Waals surface area (Å²) in [6.45, 7) is 5.20. The maximum atomic E-state index is 11.8. The molecule has 0 atom stereocenters. The molecule has 0 fully saturated rings. The number of carbonyl (C=O) groups is 2. The zero-order chi connectivity index (χ0) is 16.9. The summed E-state index contributed by atoms with van der Waals surface area (Å²) in [5.41, 5.74) is -0.138. The summed E-state index contributed by atoms with van der Waals surface area (Å²) < 4.78 is 10.6. The third-order valence-electron chi connectivity index (χ3n) is 2.21. The first-order valence-corrected chi connectivity index (χ1v) is 7.07. The van der Waals surface area contributed by atoms with Gasteiger partial charge in [0, 0.05) is 12.1 Å². The van der Waals surface area contributed by atoms with Gasteiger partial charge in [0.05, 0.1) is 18.5 Å². The minimum Gasteiger partial charge on any atom is -0.494 e. The van der Waals surface area contributed by atoms with Crippen molar-refractivity contribution in [1.82, 2.24) is 4.98 Å². The van der Waals surface area contributed by atoms with Gasteiger partial charge < -0.3 is 14.6 Å². The van der Waals surface area contributed by atoms with Crippen molar-refractivity contribution in [2.24, 2.45) is 0 Å². The van der Waals surface area contributed by atoms with Gasteiger partial charge in [-0.25, -0.2) is 14.6 Å². The molecule has 1 aromatic heterocycles. The number of aliphatic carboxylic acids is 1. The molecule has 0 aromatic carbocycles. The van der Waals surface area contributed by atoms with Crippen LogP contribution in [0.2, 0.25) is 0 Å². The van der Waals surface area contributed by atoms with Crippen LogP contribution in [0.5, 0.6) is 5.75 Å². The van der Waals surface area contributed by atoms with Crippen molar-refractivity contribution in [2.75, 3.05) is 12.4 Å². The van der Waals surface area contributed by atoms with Crippen molar-refractivity contribution in [2.45, 2.75) is 26.4 Å². The number of nitrogens with one attached hydrogen (secondary N) is 1. The number of methoxy groups -OCH3 is 1. The quantitative estimate of drug-likeness (QED) is 0.621. The Bertz CT molecular complexity index is 608. The van der Waals surface area contributed by atoms with E-state index in [1.165, 1.54) is 19.3 Å². The van der Waals surface area contributed by atoms with Gasteiger partial charge in [0.1, 0.15) is 10.2 Å². The summed E-state index contributed by atoms with van der Waals surface area (Å²) in [5.74, 6) is -0.740. The van der Waals surface area contributed by atoms with E-state index >= 15 is 0 Å². The number of anilines is 1. The molecule has 0 saturated heterocycles. The Kier molecular flexibility index (Phi) is 5.92. The number of ether oxygens (including phenoxy) is 2. The summed E-state index contributed by atoms with van der Waals surface area (Å²) in [6, 6.07) is 1.52. The fourth-order valence-corrected chi connectivity index (χ4v) is 1.89. The number of aromatic nitrogens is 1. The number of amides is 1. The predicted molar refractivity (Wildman–Crippen MR) is 85.0 cm³/mol. The fourth-order valence-electron chi connectivity index (χ4n) is 1.42. The van der Waals surface area contributed by atoms with E-state index in [4.69, 9.17) is 14.6 Å². The maximum Gasteiger partial charge on any atom is 0.412 e. The summed E-state index contributed by atoms with van der Waals surface area (Å²) in [6.07, 6.45) is 1.50. The highest BCUT2D eigenvalue weighted by Gasteiger charge is 2.18. The maximum absolute atomic E-state index is 11.8. The molecule has 0 unspecified atom stereocenters. The Morgan fingerprint density at radius 1 is 1.41 bits per heavy atom. The molecule has 1 heterocycles. The van der Waals surface area contributed by atoms with Crippen LogP contribution in [-0.4, -0.2) is 34.9 Å². The number of pyridine rings is 1. The number of carboxylic acids is 1. The topological polar surface area (TPSA) is 97.8 Å². The molecule has 0 aliphatic heterocycles. The Hall–Kier alpha value is -2.09. The van der Waals surface area contributed by atoms with Crippen LogP contribution in [0.15, 0.2) is 16.7 Å². The van der Waals surface area contributed by atoms with E-state index in [1.807, 2.05) is 0 Å². The third-order valence-corrected chi connectivity index (χ3v) is 2.78. The highest BCUT2D eigenvalue weighted by Crippen LogP contribution is 2.29. The van der Waals surface area contributed by atoms with Gasteiger partial charge in [0.15, 0.2) is 5.75 Å². The second kappa shape index (κ2) is 7.26. The van der Waals surface area contributed by atoms with Crippen LogP contribution in [0.4, 0.5) is 10.5 Å². The average molecular weight is 373 g/mol. The SMILES string of the molecule is COc1cc(NC(=O)OC(C)(C)C)c(/C=C/C(=O)O)nc1Br. The molecule has 0 saturated carbocycles. The van der Waals surface area contributed by atoms with Gasteiger partial charge in [0.25, 0.3) is 0 Å². The van der Waals surface area contributed by atoms with Crippen LogP contribution in [0.1, 0.15) is 26.5 Å². The minimum absolute atomic E-state index is 0.251. The highest BCUT2D eigenvalue weighted by molar-refractivity contribution is 9.10. The largest absolute Gasteiger partial charge is 0.494 e. The number of nitrogens with zero attached hydrogens (tertiary/aromatic N) is 1. The van der Waals surface area contributed by atoms with Crippen LogP contribution in [0.3, 0.4) is 0 Å². The first kappa shape index (κ1) is 18.0. The lowest BCUT2D eigenvalue weighted by Crippen LogP contribution is -2.27. The Morgan fingerprint density at radius 2 is 2.05 bits per heavy atom. The summed E-state index contributed by atoms with van der Waals surface area (Å²) >= 11 is 3.20. The summed E-state index contributed by atoms with van der Waals surface area (Å²) in [7, 11) is 1.45. The number of hydrogen-bond acceptors (Lipinski definition) is 5. The van der Waals surface area contributed by atoms with Crippen LogP contribution < -0.4 is 10.1 Å². The van der Waals surface area contributed by atoms with E-state index in [0.717, 1.165) is 6.08 Å². The lowest BCUT2D eigenvalue weighted by atomic mass is 10.2. The minimum atomic E-state index is -1.13. The molecule has 0 bridgehead atoms. The van der Waals surface area contributed by atoms with Crippen LogP contribution in [0, 0.1) is 0 Å². The van der Waals surface area contributed by atoms with Gasteiger partial charge in [-0.3, -0.25) is 5.32 Å². The second-order valence-electron chi connectivity index (χ2n) is 5.21. The van der Waals surface area contributed by atoms with E-state index in [2.05, 4.69) is 26.2 Å². The highest BCUT2D eigenvalue weighted by atomic mass is 79.9. The van der Waals surface area contributed by atoms with E-state index in [9.17, 15) is 9.59 Å². The van der Waals surface area contributed by atoms with Crippen molar-refractivity contribution in [3.05, 3.63) is 22.4 Å². The van der Waals surface area contributed by atoms with Gasteiger partial charge >= 0.3 is 12.1 Å². The standard InChI is InChI=1S/C14H17BrN2O5/c1-14(2,3)22-13(20)17-9-7-10(21-4)12(15)16-8(9)5-6-11(18)19/h5-7H,1-4H3,(H,17,20)(H,18,19)/b6-5+. The average Bonchev–Trinajstić information content (AvgIpc) is 2.36. The lowest BCUT2D eigenvalue weighted by Gasteiger charge is -2.20. The molecule has 1 rings (SSSR count). The zero-order valence-electron chi connectivity index (χ0n) is 12.6. The molecule has 7 nitrogen and oxygen atoms in total. The number of rotatable bonds is 4. The molecule has 1 aromatic rings. The van der Waals surface area contributed by atoms with Crippen molar-refractivity contribution in [1.29, 1.82) is 0 Å². The molecule has 0 radical (unpaired) electrons. The van der Waals surface area contributed by atoms with Gasteiger partial charge in [-0.1, -0.05) is 0 Å². The summed E-state index contributed by atoms with van der Waals surface area (Å²) in [5, 5.41) is 11.2. The van der Waals surface area contributed by atoms with Gasteiger partial charge in [-0.15, -0.1) is 0 Å². The molecular weight excluding hydrogens is 356 g/mol. The number of carbonyl (C=O) groups excluding carboxylic acids is 1. The molecule has 2 N–H and O–H groups in total. The van der Waals surface area contributed by atoms with Crippen molar-refractivity contribution in [3.63, 3.8) is 0 Å². The molecule has 8 heteroatoms.